The Morgan fingerprint density at radius 1 is 1.15 bits per heavy atom. The lowest BCUT2D eigenvalue weighted by Gasteiger charge is -2.34. The molecule has 2 fully saturated rings. The van der Waals surface area contributed by atoms with Crippen molar-refractivity contribution in [1.29, 1.82) is 0 Å². The molecule has 0 radical (unpaired) electrons. The average molecular weight is 560 g/mol. The second kappa shape index (κ2) is 11.1. The van der Waals surface area contributed by atoms with Gasteiger partial charge in [-0.25, -0.2) is 9.97 Å². The first-order valence-electron chi connectivity index (χ1n) is 13.4. The average Bonchev–Trinajstić information content (AvgIpc) is 3.67. The van der Waals surface area contributed by atoms with Gasteiger partial charge in [0.05, 0.1) is 23.3 Å². The summed E-state index contributed by atoms with van der Waals surface area (Å²) in [5.41, 5.74) is 1.04. The SMILES string of the molecule is Cc1[nH]c2c(-c3cc(C(F)(F)F)ccc3OCC3CC3)ncnc2c1C(=O)N[C@H]1CC[C@H](NC(=O)CO)[C@H](C)C1. The minimum absolute atomic E-state index is 0.0817. The first-order chi connectivity index (χ1) is 19.0. The van der Waals surface area contributed by atoms with Gasteiger partial charge in [-0.2, -0.15) is 13.2 Å². The standard InChI is InChI=1S/C28H32F3N5O4/c1-14-9-18(6-7-20(14)36-22(38)11-37)35-27(39)23-15(2)34-26-24(32-13-33-25(23)26)19-10-17(28(29,30)31)5-8-21(19)40-12-16-3-4-16/h5,8,10,13-14,16,18,20,34,37H,3-4,6-7,9,11-12H2,1-2H3,(H,35,39)(H,36,38)/t14-,18+,20+/m1/s1. The Hall–Kier alpha value is -3.67. The molecule has 12 heteroatoms. The number of H-pyrrole nitrogens is 1. The number of fused-ring (bicyclic) bond motifs is 1. The van der Waals surface area contributed by atoms with E-state index in [4.69, 9.17) is 9.84 Å². The number of nitrogens with one attached hydrogen (secondary N) is 3. The van der Waals surface area contributed by atoms with Crippen molar-refractivity contribution in [3.8, 4) is 17.0 Å². The molecule has 2 heterocycles. The van der Waals surface area contributed by atoms with Crippen LogP contribution in [0.1, 0.15) is 60.6 Å². The van der Waals surface area contributed by atoms with E-state index in [1.807, 2.05) is 6.92 Å². The van der Waals surface area contributed by atoms with Crippen LogP contribution in [0.4, 0.5) is 13.2 Å². The van der Waals surface area contributed by atoms with Gasteiger partial charge >= 0.3 is 6.18 Å². The van der Waals surface area contributed by atoms with Crippen LogP contribution in [0.25, 0.3) is 22.3 Å². The molecule has 40 heavy (non-hydrogen) atoms. The topological polar surface area (TPSA) is 129 Å². The van der Waals surface area contributed by atoms with Gasteiger partial charge in [-0.15, -0.1) is 0 Å². The minimum Gasteiger partial charge on any atom is -0.493 e. The molecule has 3 aromatic rings. The first kappa shape index (κ1) is 27.9. The molecule has 9 nitrogen and oxygen atoms in total. The van der Waals surface area contributed by atoms with Crippen LogP contribution < -0.4 is 15.4 Å². The Balaban J connectivity index is 1.43. The van der Waals surface area contributed by atoms with Crippen LogP contribution in [0.2, 0.25) is 0 Å². The highest BCUT2D eigenvalue weighted by Crippen LogP contribution is 2.40. The van der Waals surface area contributed by atoms with Crippen molar-refractivity contribution in [2.75, 3.05) is 13.2 Å². The highest BCUT2D eigenvalue weighted by atomic mass is 19.4. The number of carbonyl (C=O) groups is 2. The zero-order valence-corrected chi connectivity index (χ0v) is 22.3. The summed E-state index contributed by atoms with van der Waals surface area (Å²) in [5, 5.41) is 14.9. The molecule has 4 N–H and O–H groups in total. The maximum absolute atomic E-state index is 13.6. The zero-order chi connectivity index (χ0) is 28.6. The molecule has 2 aliphatic rings. The number of aliphatic hydroxyl groups is 1. The van der Waals surface area contributed by atoms with Gasteiger partial charge in [-0.05, 0) is 69.1 Å². The lowest BCUT2D eigenvalue weighted by atomic mass is 9.82. The Labute approximate surface area is 228 Å². The van der Waals surface area contributed by atoms with E-state index in [-0.39, 0.29) is 40.9 Å². The molecule has 214 valence electrons. The highest BCUT2D eigenvalue weighted by Gasteiger charge is 2.33. The molecule has 0 saturated heterocycles. The fraction of sp³-hybridized carbons (Fsp3) is 0.500. The van der Waals surface area contributed by atoms with Crippen molar-refractivity contribution in [3.63, 3.8) is 0 Å². The van der Waals surface area contributed by atoms with Crippen LogP contribution in [0.3, 0.4) is 0 Å². The summed E-state index contributed by atoms with van der Waals surface area (Å²) < 4.78 is 46.8. The number of aromatic nitrogens is 3. The van der Waals surface area contributed by atoms with Crippen molar-refractivity contribution < 1.29 is 32.6 Å². The molecule has 2 amide bonds. The molecule has 0 spiro atoms. The number of nitrogens with zero attached hydrogens (tertiary/aromatic N) is 2. The third-order valence-corrected chi connectivity index (χ3v) is 7.73. The van der Waals surface area contributed by atoms with Gasteiger partial charge in [0, 0.05) is 23.3 Å². The monoisotopic (exact) mass is 559 g/mol. The Morgan fingerprint density at radius 3 is 2.60 bits per heavy atom. The predicted octanol–water partition coefficient (Wildman–Crippen LogP) is 4.14. The second-order valence-corrected chi connectivity index (χ2v) is 10.8. The molecule has 0 aliphatic heterocycles. The third-order valence-electron chi connectivity index (χ3n) is 7.73. The number of rotatable bonds is 8. The summed E-state index contributed by atoms with van der Waals surface area (Å²) in [7, 11) is 0. The van der Waals surface area contributed by atoms with Gasteiger partial charge in [0.1, 0.15) is 29.9 Å². The largest absolute Gasteiger partial charge is 0.493 e. The van der Waals surface area contributed by atoms with Gasteiger partial charge in [0.2, 0.25) is 5.91 Å². The number of aryl methyl sites for hydroxylation is 1. The van der Waals surface area contributed by atoms with E-state index in [9.17, 15) is 22.8 Å². The second-order valence-electron chi connectivity index (χ2n) is 10.8. The molecular weight excluding hydrogens is 527 g/mol. The van der Waals surface area contributed by atoms with E-state index in [1.165, 1.54) is 12.4 Å². The summed E-state index contributed by atoms with van der Waals surface area (Å²) >= 11 is 0. The van der Waals surface area contributed by atoms with E-state index in [0.29, 0.717) is 54.1 Å². The molecule has 3 atom stereocenters. The smallest absolute Gasteiger partial charge is 0.416 e. The van der Waals surface area contributed by atoms with Crippen LogP contribution in [0.5, 0.6) is 5.75 Å². The quantitative estimate of drug-likeness (QED) is 0.328. The minimum atomic E-state index is -4.55. The number of hydrogen-bond donors (Lipinski definition) is 4. The molecule has 2 aromatic heterocycles. The number of aliphatic hydroxyl groups excluding tert-OH is 1. The number of ether oxygens (including phenoxy) is 1. The Morgan fingerprint density at radius 2 is 1.93 bits per heavy atom. The van der Waals surface area contributed by atoms with Crippen LogP contribution >= 0.6 is 0 Å². The van der Waals surface area contributed by atoms with Crippen molar-refractivity contribution in [3.05, 3.63) is 41.3 Å². The van der Waals surface area contributed by atoms with Gasteiger partial charge in [-0.1, -0.05) is 6.92 Å². The molecule has 2 saturated carbocycles. The molecule has 0 bridgehead atoms. The van der Waals surface area contributed by atoms with E-state index in [0.717, 1.165) is 25.0 Å². The van der Waals surface area contributed by atoms with E-state index in [1.54, 1.807) is 6.92 Å². The molecule has 0 unspecified atom stereocenters. The number of benzene rings is 1. The van der Waals surface area contributed by atoms with Gasteiger partial charge in [0.15, 0.2) is 0 Å². The number of hydrogen-bond acceptors (Lipinski definition) is 6. The predicted molar refractivity (Wildman–Crippen MR) is 141 cm³/mol. The fourth-order valence-electron chi connectivity index (χ4n) is 5.36. The van der Waals surface area contributed by atoms with Crippen molar-refractivity contribution in [1.82, 2.24) is 25.6 Å². The summed E-state index contributed by atoms with van der Waals surface area (Å²) in [5.74, 6) is -0.00386. The van der Waals surface area contributed by atoms with E-state index in [2.05, 4.69) is 25.6 Å². The molecular formula is C28H32F3N5O4. The number of amides is 2. The van der Waals surface area contributed by atoms with E-state index < -0.39 is 24.3 Å². The summed E-state index contributed by atoms with van der Waals surface area (Å²) in [6, 6.07) is 3.12. The summed E-state index contributed by atoms with van der Waals surface area (Å²) in [6.45, 7) is 3.53. The number of aromatic amines is 1. The summed E-state index contributed by atoms with van der Waals surface area (Å²) in [6.07, 6.45) is 0.666. The fourth-order valence-corrected chi connectivity index (χ4v) is 5.36. The third kappa shape index (κ3) is 5.91. The van der Waals surface area contributed by atoms with Crippen molar-refractivity contribution in [2.45, 2.75) is 64.2 Å². The molecule has 2 aliphatic carbocycles. The number of alkyl halides is 3. The van der Waals surface area contributed by atoms with Crippen LogP contribution in [-0.4, -0.2) is 57.2 Å². The zero-order valence-electron chi connectivity index (χ0n) is 22.3. The Bertz CT molecular complexity index is 1420. The number of halogens is 3. The normalized spacial score (nSPS) is 21.3. The maximum atomic E-state index is 13.6. The van der Waals surface area contributed by atoms with Crippen molar-refractivity contribution in [2.24, 2.45) is 11.8 Å². The van der Waals surface area contributed by atoms with Crippen LogP contribution in [-0.2, 0) is 11.0 Å². The lowest BCUT2D eigenvalue weighted by Crippen LogP contribution is -2.48. The number of carbonyl (C=O) groups excluding carboxylic acids is 2. The van der Waals surface area contributed by atoms with Crippen LogP contribution in [0.15, 0.2) is 24.5 Å². The summed E-state index contributed by atoms with van der Waals surface area (Å²) in [4.78, 5) is 36.8. The van der Waals surface area contributed by atoms with Crippen LogP contribution in [0, 0.1) is 18.8 Å². The van der Waals surface area contributed by atoms with Gasteiger partial charge in [-0.3, -0.25) is 9.59 Å². The van der Waals surface area contributed by atoms with Crippen molar-refractivity contribution >= 4 is 22.8 Å². The Kier molecular flexibility index (Phi) is 7.72. The maximum Gasteiger partial charge on any atom is 0.416 e. The first-order valence-corrected chi connectivity index (χ1v) is 13.4. The van der Waals surface area contributed by atoms with Gasteiger partial charge in [0.25, 0.3) is 5.91 Å². The highest BCUT2D eigenvalue weighted by molar-refractivity contribution is 6.09. The molecule has 5 rings (SSSR count). The van der Waals surface area contributed by atoms with Gasteiger partial charge < -0.3 is 25.5 Å². The molecule has 1 aromatic carbocycles. The lowest BCUT2D eigenvalue weighted by molar-refractivity contribution is -0.137. The van der Waals surface area contributed by atoms with E-state index >= 15 is 0 Å².